The van der Waals surface area contributed by atoms with Crippen LogP contribution < -0.4 is 5.73 Å². The molecular formula is C11H16N2O2. The molecule has 4 nitrogen and oxygen atoms in total. The SMILES string of the molecule is Cc1ccc(CC(C)(C)OC(N)=O)nc1. The van der Waals surface area contributed by atoms with Gasteiger partial charge < -0.3 is 10.5 Å². The Balaban J connectivity index is 2.68. The second-order valence-electron chi connectivity index (χ2n) is 4.18. The molecule has 0 aromatic carbocycles. The predicted octanol–water partition coefficient (Wildman–Crippen LogP) is 1.81. The summed E-state index contributed by atoms with van der Waals surface area (Å²) in [5.74, 6) is 0. The minimum absolute atomic E-state index is 0.552. The fourth-order valence-corrected chi connectivity index (χ4v) is 1.35. The van der Waals surface area contributed by atoms with Crippen molar-refractivity contribution >= 4 is 6.09 Å². The summed E-state index contributed by atoms with van der Waals surface area (Å²) in [4.78, 5) is 14.9. The molecule has 0 aliphatic rings. The van der Waals surface area contributed by atoms with Crippen molar-refractivity contribution in [3.63, 3.8) is 0 Å². The molecule has 1 amide bonds. The first-order valence-corrected chi connectivity index (χ1v) is 4.79. The summed E-state index contributed by atoms with van der Waals surface area (Å²) in [6.07, 6.45) is 1.58. The molecule has 82 valence electrons. The van der Waals surface area contributed by atoms with Crippen LogP contribution >= 0.6 is 0 Å². The Kier molecular flexibility index (Phi) is 3.29. The number of ether oxygens (including phenoxy) is 1. The molecular weight excluding hydrogens is 192 g/mol. The van der Waals surface area contributed by atoms with Crippen LogP contribution in [-0.4, -0.2) is 16.7 Å². The van der Waals surface area contributed by atoms with Gasteiger partial charge in [0.2, 0.25) is 0 Å². The van der Waals surface area contributed by atoms with Crippen LogP contribution in [0.3, 0.4) is 0 Å². The fraction of sp³-hybridized carbons (Fsp3) is 0.455. The Labute approximate surface area is 89.5 Å². The number of carbonyl (C=O) groups excluding carboxylic acids is 1. The number of pyridine rings is 1. The van der Waals surface area contributed by atoms with Gasteiger partial charge in [-0.2, -0.15) is 0 Å². The number of carbonyl (C=O) groups is 1. The first-order valence-electron chi connectivity index (χ1n) is 4.79. The van der Waals surface area contributed by atoms with Crippen molar-refractivity contribution in [3.05, 3.63) is 29.6 Å². The maximum Gasteiger partial charge on any atom is 0.405 e. The van der Waals surface area contributed by atoms with Crippen LogP contribution in [0.5, 0.6) is 0 Å². The number of aryl methyl sites for hydroxylation is 1. The van der Waals surface area contributed by atoms with E-state index in [4.69, 9.17) is 10.5 Å². The standard InChI is InChI=1S/C11H16N2O2/c1-8-4-5-9(13-7-8)6-11(2,3)15-10(12)14/h4-5,7H,6H2,1-3H3,(H2,12,14). The van der Waals surface area contributed by atoms with Crippen LogP contribution in [0.2, 0.25) is 0 Å². The zero-order valence-corrected chi connectivity index (χ0v) is 9.28. The minimum atomic E-state index is -0.757. The lowest BCUT2D eigenvalue weighted by molar-refractivity contribution is 0.0453. The molecule has 0 aliphatic carbocycles. The minimum Gasteiger partial charge on any atom is -0.443 e. The highest BCUT2D eigenvalue weighted by atomic mass is 16.6. The number of aromatic nitrogens is 1. The van der Waals surface area contributed by atoms with Gasteiger partial charge in [0.25, 0.3) is 0 Å². The molecule has 0 fully saturated rings. The zero-order valence-electron chi connectivity index (χ0n) is 9.28. The van der Waals surface area contributed by atoms with Gasteiger partial charge in [0.05, 0.1) is 0 Å². The van der Waals surface area contributed by atoms with Crippen LogP contribution in [-0.2, 0) is 11.2 Å². The topological polar surface area (TPSA) is 65.2 Å². The summed E-state index contributed by atoms with van der Waals surface area (Å²) in [5, 5.41) is 0. The van der Waals surface area contributed by atoms with Gasteiger partial charge >= 0.3 is 6.09 Å². The van der Waals surface area contributed by atoms with Crippen molar-refractivity contribution in [3.8, 4) is 0 Å². The molecule has 1 aromatic heterocycles. The summed E-state index contributed by atoms with van der Waals surface area (Å²) in [6.45, 7) is 5.58. The van der Waals surface area contributed by atoms with E-state index in [1.54, 1.807) is 20.0 Å². The van der Waals surface area contributed by atoms with Crippen molar-refractivity contribution in [2.24, 2.45) is 5.73 Å². The van der Waals surface area contributed by atoms with Gasteiger partial charge in [-0.15, -0.1) is 0 Å². The van der Waals surface area contributed by atoms with E-state index in [1.807, 2.05) is 19.1 Å². The smallest absolute Gasteiger partial charge is 0.405 e. The quantitative estimate of drug-likeness (QED) is 0.823. The van der Waals surface area contributed by atoms with Gasteiger partial charge in [0, 0.05) is 18.3 Å². The predicted molar refractivity (Wildman–Crippen MR) is 57.4 cm³/mol. The molecule has 0 radical (unpaired) electrons. The number of rotatable bonds is 3. The van der Waals surface area contributed by atoms with Crippen LogP contribution in [0, 0.1) is 6.92 Å². The third-order valence-corrected chi connectivity index (χ3v) is 1.96. The summed E-state index contributed by atoms with van der Waals surface area (Å²) in [7, 11) is 0. The molecule has 0 saturated heterocycles. The van der Waals surface area contributed by atoms with E-state index in [2.05, 4.69) is 4.98 Å². The fourth-order valence-electron chi connectivity index (χ4n) is 1.35. The number of hydrogen-bond donors (Lipinski definition) is 1. The molecule has 0 aliphatic heterocycles. The summed E-state index contributed by atoms with van der Waals surface area (Å²) < 4.78 is 4.97. The Hall–Kier alpha value is -1.58. The third-order valence-electron chi connectivity index (χ3n) is 1.96. The van der Waals surface area contributed by atoms with Crippen molar-refractivity contribution in [2.75, 3.05) is 0 Å². The van der Waals surface area contributed by atoms with E-state index >= 15 is 0 Å². The number of primary amides is 1. The summed E-state index contributed by atoms with van der Waals surface area (Å²) in [6, 6.07) is 3.89. The Bertz CT molecular complexity index is 344. The zero-order chi connectivity index (χ0) is 11.5. The van der Waals surface area contributed by atoms with Crippen molar-refractivity contribution < 1.29 is 9.53 Å². The Morgan fingerprint density at radius 3 is 2.67 bits per heavy atom. The van der Waals surface area contributed by atoms with Gasteiger partial charge in [-0.25, -0.2) is 4.79 Å². The largest absolute Gasteiger partial charge is 0.443 e. The maximum atomic E-state index is 10.6. The van der Waals surface area contributed by atoms with Gasteiger partial charge in [-0.05, 0) is 32.4 Å². The molecule has 2 N–H and O–H groups in total. The maximum absolute atomic E-state index is 10.6. The van der Waals surface area contributed by atoms with E-state index in [9.17, 15) is 4.79 Å². The van der Waals surface area contributed by atoms with E-state index in [1.165, 1.54) is 0 Å². The lowest BCUT2D eigenvalue weighted by Gasteiger charge is -2.23. The molecule has 0 spiro atoms. The molecule has 1 aromatic rings. The first-order chi connectivity index (χ1) is 6.89. The average molecular weight is 208 g/mol. The molecule has 0 atom stereocenters. The van der Waals surface area contributed by atoms with Crippen LogP contribution in [0.4, 0.5) is 4.79 Å². The van der Waals surface area contributed by atoms with Crippen LogP contribution in [0.25, 0.3) is 0 Å². The summed E-state index contributed by atoms with van der Waals surface area (Å²) >= 11 is 0. The second kappa shape index (κ2) is 4.29. The highest BCUT2D eigenvalue weighted by Crippen LogP contribution is 2.15. The number of nitrogens with two attached hydrogens (primary N) is 1. The van der Waals surface area contributed by atoms with E-state index < -0.39 is 11.7 Å². The molecule has 15 heavy (non-hydrogen) atoms. The Morgan fingerprint density at radius 1 is 1.53 bits per heavy atom. The van der Waals surface area contributed by atoms with Gasteiger partial charge in [0.15, 0.2) is 0 Å². The average Bonchev–Trinajstić information content (AvgIpc) is 2.06. The molecule has 1 heterocycles. The van der Waals surface area contributed by atoms with Gasteiger partial charge in [-0.1, -0.05) is 6.07 Å². The monoisotopic (exact) mass is 208 g/mol. The van der Waals surface area contributed by atoms with Crippen LogP contribution in [0.1, 0.15) is 25.1 Å². The highest BCUT2D eigenvalue weighted by molar-refractivity contribution is 5.65. The van der Waals surface area contributed by atoms with E-state index in [0.717, 1.165) is 11.3 Å². The number of hydrogen-bond acceptors (Lipinski definition) is 3. The number of amides is 1. The van der Waals surface area contributed by atoms with Crippen molar-refractivity contribution in [1.82, 2.24) is 4.98 Å². The van der Waals surface area contributed by atoms with E-state index in [-0.39, 0.29) is 0 Å². The number of nitrogens with zero attached hydrogens (tertiary/aromatic N) is 1. The third kappa shape index (κ3) is 3.97. The molecule has 0 unspecified atom stereocenters. The molecule has 4 heteroatoms. The Morgan fingerprint density at radius 2 is 2.20 bits per heavy atom. The van der Waals surface area contributed by atoms with Crippen molar-refractivity contribution in [1.29, 1.82) is 0 Å². The van der Waals surface area contributed by atoms with E-state index in [0.29, 0.717) is 6.42 Å². The lowest BCUT2D eigenvalue weighted by Crippen LogP contribution is -2.33. The lowest BCUT2D eigenvalue weighted by atomic mass is 10.0. The second-order valence-corrected chi connectivity index (χ2v) is 4.18. The highest BCUT2D eigenvalue weighted by Gasteiger charge is 2.22. The normalized spacial score (nSPS) is 11.1. The molecule has 0 saturated carbocycles. The molecule has 1 rings (SSSR count). The van der Waals surface area contributed by atoms with Crippen LogP contribution in [0.15, 0.2) is 18.3 Å². The van der Waals surface area contributed by atoms with Gasteiger partial charge in [0.1, 0.15) is 5.60 Å². The van der Waals surface area contributed by atoms with Gasteiger partial charge in [-0.3, -0.25) is 4.98 Å². The first kappa shape index (κ1) is 11.5. The summed E-state index contributed by atoms with van der Waals surface area (Å²) in [5.41, 5.74) is 6.34. The molecule has 0 bridgehead atoms. The van der Waals surface area contributed by atoms with Crippen molar-refractivity contribution in [2.45, 2.75) is 32.8 Å².